The molecule has 1 heterocycles. The predicted octanol–water partition coefficient (Wildman–Crippen LogP) is 1.23. The molecule has 0 spiro atoms. The average Bonchev–Trinajstić information content (AvgIpc) is 2.51. The van der Waals surface area contributed by atoms with Gasteiger partial charge in [-0.2, -0.15) is 5.10 Å². The molecule has 0 radical (unpaired) electrons. The van der Waals surface area contributed by atoms with E-state index in [4.69, 9.17) is 5.11 Å². The monoisotopic (exact) mass is 225 g/mol. The summed E-state index contributed by atoms with van der Waals surface area (Å²) in [6.45, 7) is 7.42. The lowest BCUT2D eigenvalue weighted by Crippen LogP contribution is -2.34. The molecule has 1 aromatic heterocycles. The number of hydrogen-bond acceptors (Lipinski definition) is 3. The summed E-state index contributed by atoms with van der Waals surface area (Å²) in [5, 5.41) is 16.8. The molecule has 0 bridgehead atoms. The van der Waals surface area contributed by atoms with Crippen LogP contribution in [0.3, 0.4) is 0 Å². The number of aliphatic hydroxyl groups excluding tert-OH is 1. The number of aromatic nitrogens is 2. The van der Waals surface area contributed by atoms with Crippen LogP contribution in [0.25, 0.3) is 0 Å². The summed E-state index contributed by atoms with van der Waals surface area (Å²) in [7, 11) is 1.93. The molecule has 2 N–H and O–H groups in total. The highest BCUT2D eigenvalue weighted by Crippen LogP contribution is 2.09. The zero-order valence-corrected chi connectivity index (χ0v) is 10.7. The van der Waals surface area contributed by atoms with Gasteiger partial charge in [-0.1, -0.05) is 13.8 Å². The van der Waals surface area contributed by atoms with Crippen molar-refractivity contribution in [2.45, 2.75) is 39.8 Å². The fourth-order valence-corrected chi connectivity index (χ4v) is 1.87. The van der Waals surface area contributed by atoms with Crippen molar-refractivity contribution < 1.29 is 5.11 Å². The third-order valence-electron chi connectivity index (χ3n) is 2.91. The molecule has 16 heavy (non-hydrogen) atoms. The molecule has 92 valence electrons. The number of nitrogens with zero attached hydrogens (tertiary/aromatic N) is 2. The van der Waals surface area contributed by atoms with Gasteiger partial charge in [0.1, 0.15) is 0 Å². The third-order valence-corrected chi connectivity index (χ3v) is 2.91. The lowest BCUT2D eigenvalue weighted by atomic mass is 10.0. The van der Waals surface area contributed by atoms with E-state index >= 15 is 0 Å². The van der Waals surface area contributed by atoms with Crippen molar-refractivity contribution in [3.8, 4) is 0 Å². The van der Waals surface area contributed by atoms with Gasteiger partial charge in [-0.3, -0.25) is 4.68 Å². The highest BCUT2D eigenvalue weighted by atomic mass is 16.3. The van der Waals surface area contributed by atoms with Crippen LogP contribution in [0.4, 0.5) is 0 Å². The fraction of sp³-hybridized carbons (Fsp3) is 0.750. The molecule has 0 aliphatic heterocycles. The van der Waals surface area contributed by atoms with Crippen molar-refractivity contribution in [2.75, 3.05) is 6.61 Å². The lowest BCUT2D eigenvalue weighted by molar-refractivity contribution is 0.244. The van der Waals surface area contributed by atoms with Gasteiger partial charge in [0.05, 0.1) is 5.69 Å². The molecular formula is C12H23N3O. The van der Waals surface area contributed by atoms with Crippen molar-refractivity contribution in [1.82, 2.24) is 15.1 Å². The van der Waals surface area contributed by atoms with Gasteiger partial charge in [-0.15, -0.1) is 0 Å². The van der Waals surface area contributed by atoms with Gasteiger partial charge >= 0.3 is 0 Å². The Morgan fingerprint density at radius 1 is 1.50 bits per heavy atom. The Labute approximate surface area is 97.7 Å². The topological polar surface area (TPSA) is 50.1 Å². The lowest BCUT2D eigenvalue weighted by Gasteiger charge is -2.21. The van der Waals surface area contributed by atoms with E-state index in [0.717, 1.165) is 18.7 Å². The summed E-state index contributed by atoms with van der Waals surface area (Å²) in [6, 6.07) is 0.365. The van der Waals surface area contributed by atoms with Crippen LogP contribution in [-0.2, 0) is 13.6 Å². The van der Waals surface area contributed by atoms with Crippen LogP contribution in [-0.4, -0.2) is 27.5 Å². The Bertz CT molecular complexity index is 320. The van der Waals surface area contributed by atoms with Gasteiger partial charge in [0.2, 0.25) is 0 Å². The van der Waals surface area contributed by atoms with Crippen molar-refractivity contribution >= 4 is 0 Å². The maximum absolute atomic E-state index is 8.99. The quantitative estimate of drug-likeness (QED) is 0.765. The number of aliphatic hydroxyl groups is 1. The van der Waals surface area contributed by atoms with E-state index in [1.807, 2.05) is 24.9 Å². The first-order valence-corrected chi connectivity index (χ1v) is 5.88. The van der Waals surface area contributed by atoms with Crippen molar-refractivity contribution in [3.63, 3.8) is 0 Å². The fourth-order valence-electron chi connectivity index (χ4n) is 1.87. The molecule has 0 aliphatic rings. The van der Waals surface area contributed by atoms with E-state index in [0.29, 0.717) is 12.0 Å². The molecule has 0 aliphatic carbocycles. The summed E-state index contributed by atoms with van der Waals surface area (Å²) >= 11 is 0. The first-order valence-electron chi connectivity index (χ1n) is 5.88. The van der Waals surface area contributed by atoms with Gasteiger partial charge < -0.3 is 10.4 Å². The second-order valence-electron chi connectivity index (χ2n) is 4.66. The minimum absolute atomic E-state index is 0.238. The van der Waals surface area contributed by atoms with Gasteiger partial charge in [0.25, 0.3) is 0 Å². The first kappa shape index (κ1) is 13.2. The molecule has 4 heteroatoms. The molecule has 0 aromatic carbocycles. The molecule has 4 nitrogen and oxygen atoms in total. The van der Waals surface area contributed by atoms with Gasteiger partial charge in [-0.25, -0.2) is 0 Å². The van der Waals surface area contributed by atoms with Crippen LogP contribution in [0, 0.1) is 12.8 Å². The highest BCUT2D eigenvalue weighted by Gasteiger charge is 2.13. The summed E-state index contributed by atoms with van der Waals surface area (Å²) in [6.07, 6.45) is 2.84. The number of aryl methyl sites for hydroxylation is 2. The average molecular weight is 225 g/mol. The minimum atomic E-state index is 0.238. The van der Waals surface area contributed by atoms with E-state index in [-0.39, 0.29) is 6.61 Å². The molecular weight excluding hydrogens is 202 g/mol. The van der Waals surface area contributed by atoms with Crippen LogP contribution in [0.1, 0.15) is 31.5 Å². The first-order chi connectivity index (χ1) is 7.54. The molecule has 0 saturated carbocycles. The summed E-state index contributed by atoms with van der Waals surface area (Å²) < 4.78 is 1.84. The zero-order chi connectivity index (χ0) is 12.1. The molecule has 0 saturated heterocycles. The molecule has 1 aromatic rings. The Morgan fingerprint density at radius 2 is 2.19 bits per heavy atom. The van der Waals surface area contributed by atoms with Crippen molar-refractivity contribution in [1.29, 1.82) is 0 Å². The van der Waals surface area contributed by atoms with Crippen molar-refractivity contribution in [3.05, 3.63) is 17.5 Å². The van der Waals surface area contributed by atoms with Crippen LogP contribution in [0.5, 0.6) is 0 Å². The highest BCUT2D eigenvalue weighted by molar-refractivity contribution is 5.14. The van der Waals surface area contributed by atoms with Crippen molar-refractivity contribution in [2.24, 2.45) is 13.0 Å². The van der Waals surface area contributed by atoms with E-state index < -0.39 is 0 Å². The largest absolute Gasteiger partial charge is 0.396 e. The van der Waals surface area contributed by atoms with E-state index in [1.165, 1.54) is 5.56 Å². The van der Waals surface area contributed by atoms with E-state index in [2.05, 4.69) is 24.3 Å². The summed E-state index contributed by atoms with van der Waals surface area (Å²) in [5.74, 6) is 0.532. The number of nitrogens with one attached hydrogen (secondary N) is 1. The smallest absolute Gasteiger partial charge is 0.0638 e. The summed E-state index contributed by atoms with van der Waals surface area (Å²) in [5.41, 5.74) is 2.30. The number of rotatable bonds is 6. The second kappa shape index (κ2) is 6.01. The molecule has 1 atom stereocenters. The SMILES string of the molecule is Cc1nn(C)cc1CNC(CCO)C(C)C. The Morgan fingerprint density at radius 3 is 2.62 bits per heavy atom. The van der Waals surface area contributed by atoms with Crippen LogP contribution in [0.2, 0.25) is 0 Å². The standard InChI is InChI=1S/C12H23N3O/c1-9(2)12(5-6-16)13-7-11-8-15(4)14-10(11)3/h8-9,12-13,16H,5-7H2,1-4H3. The Hall–Kier alpha value is -0.870. The third kappa shape index (κ3) is 3.61. The maximum Gasteiger partial charge on any atom is 0.0638 e. The zero-order valence-electron chi connectivity index (χ0n) is 10.7. The Kier molecular flexibility index (Phi) is 4.96. The Balaban J connectivity index is 2.51. The minimum Gasteiger partial charge on any atom is -0.396 e. The predicted molar refractivity (Wildman–Crippen MR) is 65.1 cm³/mol. The molecule has 1 rings (SSSR count). The van der Waals surface area contributed by atoms with Crippen LogP contribution >= 0.6 is 0 Å². The van der Waals surface area contributed by atoms with E-state index in [9.17, 15) is 0 Å². The molecule has 1 unspecified atom stereocenters. The van der Waals surface area contributed by atoms with Crippen LogP contribution in [0.15, 0.2) is 6.20 Å². The maximum atomic E-state index is 8.99. The normalized spacial score (nSPS) is 13.4. The second-order valence-corrected chi connectivity index (χ2v) is 4.66. The molecule has 0 amide bonds. The van der Waals surface area contributed by atoms with Gasteiger partial charge in [-0.05, 0) is 19.3 Å². The number of hydrogen-bond donors (Lipinski definition) is 2. The van der Waals surface area contributed by atoms with Crippen LogP contribution < -0.4 is 5.32 Å². The van der Waals surface area contributed by atoms with E-state index in [1.54, 1.807) is 0 Å². The van der Waals surface area contributed by atoms with Gasteiger partial charge in [0.15, 0.2) is 0 Å². The summed E-state index contributed by atoms with van der Waals surface area (Å²) in [4.78, 5) is 0. The molecule has 0 fully saturated rings. The van der Waals surface area contributed by atoms with Gasteiger partial charge in [0, 0.05) is 38.0 Å².